The number of cyclic esters (lactones) is 2. The molecule has 0 fully saturated rings. The van der Waals surface area contributed by atoms with Crippen molar-refractivity contribution >= 4 is 34.8 Å². The standard InChI is InChI=1S/C21H14O6/c1-21(2,13-5-6-14-16(8-13)20(25)27-19(14)24)12-4-3-11-10-26-18(15(11)7-12)17(23)9-22/h3-10H,1-2H3. The smallest absolute Gasteiger partial charge is 0.346 e. The van der Waals surface area contributed by atoms with Crippen LogP contribution >= 0.6 is 0 Å². The van der Waals surface area contributed by atoms with Gasteiger partial charge in [0.15, 0.2) is 12.0 Å². The van der Waals surface area contributed by atoms with E-state index in [9.17, 15) is 19.2 Å². The van der Waals surface area contributed by atoms with Gasteiger partial charge in [0.2, 0.25) is 0 Å². The quantitative estimate of drug-likeness (QED) is 0.232. The summed E-state index contributed by atoms with van der Waals surface area (Å²) < 4.78 is 9.89. The van der Waals surface area contributed by atoms with Crippen LogP contribution in [0, 0.1) is 0 Å². The SMILES string of the molecule is CC(C)(c1ccc2c(c1)C(=O)OC2=O)c1ccc2coc(C(=O)C=O)c2c1. The monoisotopic (exact) mass is 362 g/mol. The molecule has 2 heterocycles. The molecule has 6 heteroatoms. The Kier molecular flexibility index (Phi) is 3.59. The molecule has 0 aliphatic carbocycles. The molecule has 0 bridgehead atoms. The lowest BCUT2D eigenvalue weighted by Gasteiger charge is -2.26. The van der Waals surface area contributed by atoms with Crippen LogP contribution in [0.4, 0.5) is 0 Å². The minimum atomic E-state index is -0.723. The molecule has 27 heavy (non-hydrogen) atoms. The van der Waals surface area contributed by atoms with Gasteiger partial charge in [0.1, 0.15) is 0 Å². The molecule has 3 aromatic rings. The van der Waals surface area contributed by atoms with Crippen molar-refractivity contribution in [2.45, 2.75) is 19.3 Å². The van der Waals surface area contributed by atoms with Crippen LogP contribution in [0.25, 0.3) is 10.8 Å². The highest BCUT2D eigenvalue weighted by Crippen LogP contribution is 2.36. The second kappa shape index (κ2) is 5.74. The number of ether oxygens (including phenoxy) is 1. The van der Waals surface area contributed by atoms with Gasteiger partial charge in [-0.1, -0.05) is 32.0 Å². The third kappa shape index (κ3) is 2.49. The highest BCUT2D eigenvalue weighted by Gasteiger charge is 2.33. The number of aldehydes is 1. The molecule has 0 radical (unpaired) electrons. The van der Waals surface area contributed by atoms with Crippen LogP contribution in [0.2, 0.25) is 0 Å². The largest absolute Gasteiger partial charge is 0.459 e. The van der Waals surface area contributed by atoms with Crippen molar-refractivity contribution in [1.82, 2.24) is 0 Å². The van der Waals surface area contributed by atoms with Crippen molar-refractivity contribution in [3.8, 4) is 0 Å². The molecule has 1 aromatic heterocycles. The van der Waals surface area contributed by atoms with E-state index in [1.165, 1.54) is 6.26 Å². The Morgan fingerprint density at radius 2 is 1.63 bits per heavy atom. The summed E-state index contributed by atoms with van der Waals surface area (Å²) >= 11 is 0. The summed E-state index contributed by atoms with van der Waals surface area (Å²) in [4.78, 5) is 46.1. The van der Waals surface area contributed by atoms with Gasteiger partial charge in [0.05, 0.1) is 17.4 Å². The van der Waals surface area contributed by atoms with Crippen LogP contribution in [0.1, 0.15) is 56.2 Å². The summed E-state index contributed by atoms with van der Waals surface area (Å²) in [6, 6.07) is 10.5. The number of benzene rings is 2. The lowest BCUT2D eigenvalue weighted by Crippen LogP contribution is -2.19. The van der Waals surface area contributed by atoms with E-state index in [-0.39, 0.29) is 23.2 Å². The van der Waals surface area contributed by atoms with Crippen molar-refractivity contribution in [3.05, 3.63) is 70.7 Å². The molecule has 134 valence electrons. The van der Waals surface area contributed by atoms with Gasteiger partial charge in [-0.05, 0) is 29.3 Å². The predicted octanol–water partition coefficient (Wildman–Crippen LogP) is 3.45. The fraction of sp³-hybridized carbons (Fsp3) is 0.143. The van der Waals surface area contributed by atoms with Gasteiger partial charge in [-0.3, -0.25) is 9.59 Å². The number of fused-ring (bicyclic) bond motifs is 2. The average Bonchev–Trinajstić information content (AvgIpc) is 3.21. The highest BCUT2D eigenvalue weighted by atomic mass is 16.6. The van der Waals surface area contributed by atoms with E-state index in [4.69, 9.17) is 4.42 Å². The van der Waals surface area contributed by atoms with Crippen molar-refractivity contribution in [1.29, 1.82) is 0 Å². The summed E-state index contributed by atoms with van der Waals surface area (Å²) in [5.74, 6) is -2.02. The van der Waals surface area contributed by atoms with Gasteiger partial charge in [0, 0.05) is 16.2 Å². The number of furan rings is 1. The van der Waals surface area contributed by atoms with E-state index in [1.807, 2.05) is 26.0 Å². The molecule has 1 aliphatic rings. The number of hydrogen-bond donors (Lipinski definition) is 0. The van der Waals surface area contributed by atoms with Crippen LogP contribution in [-0.2, 0) is 14.9 Å². The Morgan fingerprint density at radius 1 is 0.963 bits per heavy atom. The zero-order valence-electron chi connectivity index (χ0n) is 14.6. The molecule has 0 amide bonds. The minimum absolute atomic E-state index is 0.000720. The van der Waals surface area contributed by atoms with Crippen LogP contribution in [0.15, 0.2) is 47.1 Å². The normalized spacial score (nSPS) is 13.6. The molecule has 0 atom stereocenters. The Balaban J connectivity index is 1.84. The molecule has 0 saturated heterocycles. The minimum Gasteiger partial charge on any atom is -0.459 e. The zero-order valence-corrected chi connectivity index (χ0v) is 14.6. The van der Waals surface area contributed by atoms with Gasteiger partial charge in [-0.15, -0.1) is 0 Å². The molecular formula is C21H14O6. The molecule has 1 aliphatic heterocycles. The Morgan fingerprint density at radius 3 is 2.37 bits per heavy atom. The van der Waals surface area contributed by atoms with Crippen LogP contribution in [0.5, 0.6) is 0 Å². The Bertz CT molecular complexity index is 1150. The number of carbonyl (C=O) groups excluding carboxylic acids is 4. The van der Waals surface area contributed by atoms with Crippen molar-refractivity contribution < 1.29 is 28.3 Å². The topological polar surface area (TPSA) is 90.7 Å². The summed E-state index contributed by atoms with van der Waals surface area (Å²) in [7, 11) is 0. The van der Waals surface area contributed by atoms with Crippen LogP contribution in [-0.4, -0.2) is 24.0 Å². The maximum absolute atomic E-state index is 11.9. The average molecular weight is 362 g/mol. The van der Waals surface area contributed by atoms with Gasteiger partial charge >= 0.3 is 11.9 Å². The first-order valence-electron chi connectivity index (χ1n) is 8.25. The molecule has 0 saturated carbocycles. The van der Waals surface area contributed by atoms with E-state index in [0.29, 0.717) is 10.8 Å². The first-order chi connectivity index (χ1) is 12.8. The molecule has 0 N–H and O–H groups in total. The molecule has 4 rings (SSSR count). The summed E-state index contributed by atoms with van der Waals surface area (Å²) in [5.41, 5.74) is 1.61. The maximum atomic E-state index is 11.9. The molecule has 0 spiro atoms. The van der Waals surface area contributed by atoms with E-state index >= 15 is 0 Å². The second-order valence-corrected chi connectivity index (χ2v) is 6.91. The second-order valence-electron chi connectivity index (χ2n) is 6.91. The third-order valence-corrected chi connectivity index (χ3v) is 5.02. The predicted molar refractivity (Wildman–Crippen MR) is 94.9 cm³/mol. The molecule has 0 unspecified atom stereocenters. The molecule has 6 nitrogen and oxygen atoms in total. The van der Waals surface area contributed by atoms with Crippen LogP contribution in [0.3, 0.4) is 0 Å². The number of esters is 2. The lowest BCUT2D eigenvalue weighted by molar-refractivity contribution is -0.104. The van der Waals surface area contributed by atoms with E-state index < -0.39 is 23.1 Å². The maximum Gasteiger partial charge on any atom is 0.346 e. The van der Waals surface area contributed by atoms with Gasteiger partial charge in [-0.25, -0.2) is 9.59 Å². The fourth-order valence-corrected chi connectivity index (χ4v) is 3.32. The number of Topliss-reactive ketones (excluding diaryl/α,β-unsaturated/α-hetero) is 1. The Hall–Kier alpha value is -3.54. The van der Waals surface area contributed by atoms with Crippen molar-refractivity contribution in [2.24, 2.45) is 0 Å². The first-order valence-corrected chi connectivity index (χ1v) is 8.25. The van der Waals surface area contributed by atoms with Crippen molar-refractivity contribution in [3.63, 3.8) is 0 Å². The Labute approximate surface area is 153 Å². The highest BCUT2D eigenvalue weighted by molar-refractivity contribution is 6.35. The van der Waals surface area contributed by atoms with Crippen molar-refractivity contribution in [2.75, 3.05) is 0 Å². The zero-order chi connectivity index (χ0) is 19.3. The fourth-order valence-electron chi connectivity index (χ4n) is 3.32. The van der Waals surface area contributed by atoms with E-state index in [0.717, 1.165) is 11.1 Å². The van der Waals surface area contributed by atoms with Gasteiger partial charge in [0.25, 0.3) is 5.78 Å². The summed E-state index contributed by atoms with van der Waals surface area (Å²) in [6.45, 7) is 3.92. The van der Waals surface area contributed by atoms with Gasteiger partial charge < -0.3 is 9.15 Å². The molecule has 2 aromatic carbocycles. The summed E-state index contributed by atoms with van der Waals surface area (Å²) in [5, 5.41) is 1.26. The number of carbonyl (C=O) groups is 4. The van der Waals surface area contributed by atoms with Crippen LogP contribution < -0.4 is 0 Å². The van der Waals surface area contributed by atoms with Gasteiger partial charge in [-0.2, -0.15) is 0 Å². The lowest BCUT2D eigenvalue weighted by atomic mass is 9.77. The first kappa shape index (κ1) is 16.9. The number of rotatable bonds is 4. The summed E-state index contributed by atoms with van der Waals surface area (Å²) in [6.07, 6.45) is 1.65. The number of ketones is 1. The molecular weight excluding hydrogens is 348 g/mol. The third-order valence-electron chi connectivity index (χ3n) is 5.02. The van der Waals surface area contributed by atoms with E-state index in [2.05, 4.69) is 4.74 Å². The van der Waals surface area contributed by atoms with E-state index in [1.54, 1.807) is 24.3 Å². The number of hydrogen-bond acceptors (Lipinski definition) is 6.